The second-order valence-electron chi connectivity index (χ2n) is 3.95. The minimum atomic E-state index is -0.283. The van der Waals surface area contributed by atoms with Crippen LogP contribution in [-0.4, -0.2) is 13.1 Å². The van der Waals surface area contributed by atoms with Crippen molar-refractivity contribution in [1.29, 1.82) is 0 Å². The summed E-state index contributed by atoms with van der Waals surface area (Å²) in [6.45, 7) is 4.11. The molecule has 2 aromatic rings. The Balaban J connectivity index is 2.77. The molecule has 0 heterocycles. The Kier molecular flexibility index (Phi) is 2.65. The molecule has 82 valence electrons. The third-order valence-corrected chi connectivity index (χ3v) is 2.90. The third kappa shape index (κ3) is 1.67. The van der Waals surface area contributed by atoms with Crippen LogP contribution in [0.3, 0.4) is 0 Å². The van der Waals surface area contributed by atoms with Crippen molar-refractivity contribution in [1.82, 2.24) is 0 Å². The third-order valence-electron chi connectivity index (χ3n) is 2.90. The van der Waals surface area contributed by atoms with Gasteiger partial charge in [-0.2, -0.15) is 0 Å². The monoisotopic (exact) mass is 214 g/mol. The summed E-state index contributed by atoms with van der Waals surface area (Å²) < 4.78 is 4.78. The predicted octanol–water partition coefficient (Wildman–Crippen LogP) is 3.24. The van der Waals surface area contributed by atoms with E-state index in [0.29, 0.717) is 5.56 Å². The summed E-state index contributed by atoms with van der Waals surface area (Å²) in [6.07, 6.45) is 0. The van der Waals surface area contributed by atoms with E-state index in [1.807, 2.05) is 25.1 Å². The Labute approximate surface area is 94.8 Å². The highest BCUT2D eigenvalue weighted by Crippen LogP contribution is 2.23. The van der Waals surface area contributed by atoms with Gasteiger partial charge < -0.3 is 4.74 Å². The Morgan fingerprint density at radius 2 is 1.81 bits per heavy atom. The number of fused-ring (bicyclic) bond motifs is 1. The van der Waals surface area contributed by atoms with Gasteiger partial charge in [0.25, 0.3) is 0 Å². The first-order valence-corrected chi connectivity index (χ1v) is 5.22. The number of carbonyl (C=O) groups is 1. The summed E-state index contributed by atoms with van der Waals surface area (Å²) in [5.41, 5.74) is 3.04. The van der Waals surface area contributed by atoms with Gasteiger partial charge in [-0.15, -0.1) is 0 Å². The fraction of sp³-hybridized carbons (Fsp3) is 0.214. The molecule has 0 aromatic heterocycles. The summed E-state index contributed by atoms with van der Waals surface area (Å²) in [5.74, 6) is -0.283. The Bertz CT molecular complexity index is 556. The van der Waals surface area contributed by atoms with Gasteiger partial charge in [0, 0.05) is 0 Å². The Morgan fingerprint density at radius 3 is 2.50 bits per heavy atom. The van der Waals surface area contributed by atoms with Gasteiger partial charge in [0.2, 0.25) is 0 Å². The summed E-state index contributed by atoms with van der Waals surface area (Å²) in [6, 6.07) is 9.81. The molecule has 2 nitrogen and oxygen atoms in total. The van der Waals surface area contributed by atoms with E-state index in [-0.39, 0.29) is 5.97 Å². The molecule has 0 saturated carbocycles. The summed E-state index contributed by atoms with van der Waals surface area (Å²) >= 11 is 0. The molecule has 16 heavy (non-hydrogen) atoms. The second kappa shape index (κ2) is 3.97. The van der Waals surface area contributed by atoms with Crippen LogP contribution >= 0.6 is 0 Å². The summed E-state index contributed by atoms with van der Waals surface area (Å²) in [4.78, 5) is 11.6. The Morgan fingerprint density at radius 1 is 1.12 bits per heavy atom. The van der Waals surface area contributed by atoms with Crippen LogP contribution in [-0.2, 0) is 4.74 Å². The van der Waals surface area contributed by atoms with E-state index in [1.165, 1.54) is 18.2 Å². The van der Waals surface area contributed by atoms with E-state index in [2.05, 4.69) is 13.0 Å². The maximum atomic E-state index is 11.6. The van der Waals surface area contributed by atoms with Crippen LogP contribution < -0.4 is 0 Å². The molecule has 2 heteroatoms. The van der Waals surface area contributed by atoms with Crippen LogP contribution in [0.1, 0.15) is 21.5 Å². The first kappa shape index (κ1) is 10.7. The minimum absolute atomic E-state index is 0.283. The quantitative estimate of drug-likeness (QED) is 0.681. The maximum Gasteiger partial charge on any atom is 0.338 e. The smallest absolute Gasteiger partial charge is 0.338 e. The SMILES string of the molecule is COC(=O)c1cccc2cc(C)c(C)cc12. The van der Waals surface area contributed by atoms with Gasteiger partial charge in [-0.25, -0.2) is 4.79 Å². The molecule has 0 aliphatic heterocycles. The van der Waals surface area contributed by atoms with Crippen molar-refractivity contribution in [2.75, 3.05) is 7.11 Å². The highest BCUT2D eigenvalue weighted by Gasteiger charge is 2.10. The average molecular weight is 214 g/mol. The van der Waals surface area contributed by atoms with E-state index in [0.717, 1.165) is 10.8 Å². The zero-order chi connectivity index (χ0) is 11.7. The number of aryl methyl sites for hydroxylation is 2. The van der Waals surface area contributed by atoms with E-state index in [1.54, 1.807) is 6.07 Å². The van der Waals surface area contributed by atoms with Crippen molar-refractivity contribution in [2.45, 2.75) is 13.8 Å². The number of hydrogen-bond donors (Lipinski definition) is 0. The van der Waals surface area contributed by atoms with E-state index in [9.17, 15) is 4.79 Å². The van der Waals surface area contributed by atoms with Crippen LogP contribution in [0.25, 0.3) is 10.8 Å². The molecule has 0 fully saturated rings. The predicted molar refractivity (Wildman–Crippen MR) is 64.8 cm³/mol. The molecule has 0 N–H and O–H groups in total. The van der Waals surface area contributed by atoms with E-state index < -0.39 is 0 Å². The van der Waals surface area contributed by atoms with Gasteiger partial charge in [-0.1, -0.05) is 24.3 Å². The highest BCUT2D eigenvalue weighted by molar-refractivity contribution is 6.04. The van der Waals surface area contributed by atoms with Crippen LogP contribution in [0.2, 0.25) is 0 Å². The van der Waals surface area contributed by atoms with Crippen LogP contribution in [0.5, 0.6) is 0 Å². The van der Waals surface area contributed by atoms with Gasteiger partial charge in [0.1, 0.15) is 0 Å². The number of methoxy groups -OCH3 is 1. The van der Waals surface area contributed by atoms with E-state index in [4.69, 9.17) is 4.74 Å². The lowest BCUT2D eigenvalue weighted by molar-refractivity contribution is 0.0603. The molecule has 0 bridgehead atoms. The van der Waals surface area contributed by atoms with Crippen molar-refractivity contribution < 1.29 is 9.53 Å². The fourth-order valence-corrected chi connectivity index (χ4v) is 1.84. The van der Waals surface area contributed by atoms with Gasteiger partial charge in [-0.05, 0) is 41.8 Å². The van der Waals surface area contributed by atoms with Gasteiger partial charge >= 0.3 is 5.97 Å². The number of ether oxygens (including phenoxy) is 1. The lowest BCUT2D eigenvalue weighted by Gasteiger charge is -2.07. The number of hydrogen-bond acceptors (Lipinski definition) is 2. The molecule has 0 unspecified atom stereocenters. The van der Waals surface area contributed by atoms with E-state index >= 15 is 0 Å². The normalized spacial score (nSPS) is 10.4. The minimum Gasteiger partial charge on any atom is -0.465 e. The molecule has 0 spiro atoms. The molecule has 2 rings (SSSR count). The standard InChI is InChI=1S/C14H14O2/c1-9-7-11-5-4-6-12(14(15)16-3)13(11)8-10(9)2/h4-8H,1-3H3. The molecule has 0 aliphatic carbocycles. The van der Waals surface area contributed by atoms with Crippen LogP contribution in [0.4, 0.5) is 0 Å². The van der Waals surface area contributed by atoms with Gasteiger partial charge in [0.05, 0.1) is 12.7 Å². The van der Waals surface area contributed by atoms with Gasteiger partial charge in [-0.3, -0.25) is 0 Å². The number of carbonyl (C=O) groups excluding carboxylic acids is 1. The zero-order valence-electron chi connectivity index (χ0n) is 9.70. The average Bonchev–Trinajstić information content (AvgIpc) is 2.29. The fourth-order valence-electron chi connectivity index (χ4n) is 1.84. The highest BCUT2D eigenvalue weighted by atomic mass is 16.5. The Hall–Kier alpha value is -1.83. The molecule has 0 amide bonds. The molecule has 2 aromatic carbocycles. The second-order valence-corrected chi connectivity index (χ2v) is 3.95. The molecular weight excluding hydrogens is 200 g/mol. The van der Waals surface area contributed by atoms with Crippen molar-refractivity contribution in [2.24, 2.45) is 0 Å². The van der Waals surface area contributed by atoms with Crippen molar-refractivity contribution >= 4 is 16.7 Å². The molecule has 0 aliphatic rings. The first-order valence-electron chi connectivity index (χ1n) is 5.22. The molecule has 0 atom stereocenters. The zero-order valence-corrected chi connectivity index (χ0v) is 9.70. The molecule has 0 saturated heterocycles. The van der Waals surface area contributed by atoms with Crippen LogP contribution in [0, 0.1) is 13.8 Å². The molecule has 0 radical (unpaired) electrons. The maximum absolute atomic E-state index is 11.6. The van der Waals surface area contributed by atoms with Crippen LogP contribution in [0.15, 0.2) is 30.3 Å². The van der Waals surface area contributed by atoms with Crippen molar-refractivity contribution in [3.63, 3.8) is 0 Å². The largest absolute Gasteiger partial charge is 0.465 e. The summed E-state index contributed by atoms with van der Waals surface area (Å²) in [7, 11) is 1.40. The number of benzene rings is 2. The van der Waals surface area contributed by atoms with Crippen molar-refractivity contribution in [3.05, 3.63) is 47.0 Å². The summed E-state index contributed by atoms with van der Waals surface area (Å²) in [5, 5.41) is 2.03. The first-order chi connectivity index (χ1) is 7.63. The molecular formula is C14H14O2. The number of esters is 1. The van der Waals surface area contributed by atoms with Gasteiger partial charge in [0.15, 0.2) is 0 Å². The lowest BCUT2D eigenvalue weighted by Crippen LogP contribution is -2.02. The topological polar surface area (TPSA) is 26.3 Å². The van der Waals surface area contributed by atoms with Crippen molar-refractivity contribution in [3.8, 4) is 0 Å². The number of rotatable bonds is 1. The lowest BCUT2D eigenvalue weighted by atomic mass is 9.99.